The van der Waals surface area contributed by atoms with Crippen molar-refractivity contribution >= 4 is 51.7 Å². The molecule has 2 fully saturated rings. The normalized spacial score (nSPS) is 24.6. The zero-order chi connectivity index (χ0) is 32.5. The van der Waals surface area contributed by atoms with Crippen molar-refractivity contribution in [2.45, 2.75) is 10.8 Å². The lowest BCUT2D eigenvalue weighted by atomic mass is 9.59. The number of rotatable bonds is 6. The van der Waals surface area contributed by atoms with Crippen molar-refractivity contribution in [1.29, 1.82) is 0 Å². The van der Waals surface area contributed by atoms with Gasteiger partial charge in [-0.05, 0) is 45.5 Å². The van der Waals surface area contributed by atoms with Gasteiger partial charge in [0, 0.05) is 6.07 Å². The van der Waals surface area contributed by atoms with Crippen LogP contribution in [0, 0.1) is 22.0 Å². The second-order valence-electron chi connectivity index (χ2n) is 12.0. The van der Waals surface area contributed by atoms with E-state index in [9.17, 15) is 19.7 Å². The lowest BCUT2D eigenvalue weighted by Crippen LogP contribution is -2.45. The predicted molar refractivity (Wildman–Crippen MR) is 179 cm³/mol. The molecule has 0 aromatic heterocycles. The van der Waals surface area contributed by atoms with E-state index < -0.39 is 45.1 Å². The van der Waals surface area contributed by atoms with Crippen LogP contribution in [0.4, 0.5) is 11.4 Å². The Labute approximate surface area is 274 Å². The number of halogens is 1. The fourth-order valence-corrected chi connectivity index (χ4v) is 8.56. The number of carbonyl (C=O) groups excluding carboxylic acids is 3. The van der Waals surface area contributed by atoms with E-state index in [1.165, 1.54) is 12.1 Å². The van der Waals surface area contributed by atoms with E-state index in [2.05, 4.69) is 0 Å². The topological polar surface area (TPSA) is 97.6 Å². The summed E-state index contributed by atoms with van der Waals surface area (Å²) in [5.41, 5.74) is 0.575. The van der Waals surface area contributed by atoms with Crippen molar-refractivity contribution < 1.29 is 19.3 Å². The van der Waals surface area contributed by atoms with Crippen molar-refractivity contribution in [3.8, 4) is 0 Å². The van der Waals surface area contributed by atoms with Crippen molar-refractivity contribution in [2.24, 2.45) is 11.8 Å². The quantitative estimate of drug-likeness (QED) is 0.110. The highest BCUT2D eigenvalue weighted by Crippen LogP contribution is 2.74. The van der Waals surface area contributed by atoms with Crippen LogP contribution in [0.25, 0.3) is 11.1 Å². The Morgan fingerprint density at radius 1 is 0.596 bits per heavy atom. The Hall–Kier alpha value is -5.66. The highest BCUT2D eigenvalue weighted by Gasteiger charge is 2.82. The number of hydrogen-bond donors (Lipinski definition) is 0. The molecule has 3 aliphatic rings. The molecule has 1 saturated heterocycles. The number of nitro groups is 1. The lowest BCUT2D eigenvalue weighted by Gasteiger charge is -2.39. The third-order valence-electron chi connectivity index (χ3n) is 9.96. The fraction of sp³-hybridized carbons (Fsp3) is 0.103. The summed E-state index contributed by atoms with van der Waals surface area (Å²) in [4.78, 5) is 58.1. The molecule has 4 atom stereocenters. The number of ketones is 1. The van der Waals surface area contributed by atoms with Crippen LogP contribution in [0.2, 0.25) is 5.02 Å². The Kier molecular flexibility index (Phi) is 6.39. The van der Waals surface area contributed by atoms with Crippen LogP contribution in [0.1, 0.15) is 22.3 Å². The van der Waals surface area contributed by atoms with E-state index >= 15 is 4.79 Å². The van der Waals surface area contributed by atoms with Crippen LogP contribution in [0.5, 0.6) is 0 Å². The molecule has 5 aromatic rings. The van der Waals surface area contributed by atoms with E-state index in [1.54, 1.807) is 0 Å². The number of imide groups is 1. The summed E-state index contributed by atoms with van der Waals surface area (Å²) in [6.07, 6.45) is 0. The monoisotopic (exact) mass is 636 g/mol. The molecule has 7 nitrogen and oxygen atoms in total. The van der Waals surface area contributed by atoms with Crippen LogP contribution in [-0.2, 0) is 25.2 Å². The van der Waals surface area contributed by atoms with Gasteiger partial charge < -0.3 is 0 Å². The summed E-state index contributed by atoms with van der Waals surface area (Å²) in [6, 6.07) is 41.4. The third kappa shape index (κ3) is 3.66. The second kappa shape index (κ2) is 10.4. The van der Waals surface area contributed by atoms with Gasteiger partial charge in [0.05, 0.1) is 33.3 Å². The number of Topliss-reactive ketones (excluding diaryl/α,β-unsaturated/α-hetero) is 1. The molecule has 1 saturated carbocycles. The van der Waals surface area contributed by atoms with E-state index in [0.29, 0.717) is 22.3 Å². The molecule has 0 unspecified atom stereocenters. The molecule has 228 valence electrons. The minimum Gasteiger partial charge on any atom is -0.297 e. The number of carbonyl (C=O) groups is 3. The molecule has 2 amide bonds. The van der Waals surface area contributed by atoms with Crippen LogP contribution in [-0.4, -0.2) is 22.5 Å². The molecule has 0 radical (unpaired) electrons. The average Bonchev–Trinajstić information content (AvgIpc) is 3.62. The smallest absolute Gasteiger partial charge is 0.289 e. The fourth-order valence-electron chi connectivity index (χ4n) is 8.37. The van der Waals surface area contributed by atoms with Gasteiger partial charge in [-0.15, -0.1) is 0 Å². The molecule has 1 aliphatic heterocycles. The molecule has 1 heterocycles. The Balaban J connectivity index is 1.53. The largest absolute Gasteiger partial charge is 0.297 e. The summed E-state index contributed by atoms with van der Waals surface area (Å²) >= 11 is 6.14. The molecule has 47 heavy (non-hydrogen) atoms. The first-order chi connectivity index (χ1) is 22.8. The molecule has 8 heteroatoms. The molecule has 8 rings (SSSR count). The van der Waals surface area contributed by atoms with E-state index in [1.807, 2.05) is 121 Å². The third-order valence-corrected chi connectivity index (χ3v) is 10.3. The number of anilines is 1. The van der Waals surface area contributed by atoms with E-state index in [0.717, 1.165) is 22.1 Å². The van der Waals surface area contributed by atoms with Gasteiger partial charge in [0.2, 0.25) is 11.8 Å². The number of hydrogen-bond acceptors (Lipinski definition) is 5. The standard InChI is InChI=1S/C39H25ClN2O5/c40-29-22-21-28(23-30(29)42(46)47)41-35(43)33-34(36(41)44)39(27-19-11-4-12-20-27)32(25-15-7-2-8-16-25)31(24-13-5-1-6-14-24)38(33,37(39)45)26-17-9-3-10-18-26/h1-23,33-34H/t33-,34-,38+,39+/m1/s1. The summed E-state index contributed by atoms with van der Waals surface area (Å²) in [5, 5.41) is 11.7. The Bertz CT molecular complexity index is 2030. The molecular formula is C39H25ClN2O5. The van der Waals surface area contributed by atoms with Crippen LogP contribution < -0.4 is 4.90 Å². The van der Waals surface area contributed by atoms with E-state index in [4.69, 9.17) is 11.6 Å². The SMILES string of the molecule is O=C1[C@H]2[C@H](C(=O)N1c1ccc(Cl)c([N+](=O)[O-])c1)[C@@]1(c3ccccc3)C(=O)[C@@]2(c2ccccc2)C(c2ccccc2)=C1c1ccccc1. The van der Waals surface area contributed by atoms with Gasteiger partial charge >= 0.3 is 0 Å². The van der Waals surface area contributed by atoms with Crippen molar-refractivity contribution in [1.82, 2.24) is 0 Å². The summed E-state index contributed by atoms with van der Waals surface area (Å²) in [5.74, 6) is -3.69. The lowest BCUT2D eigenvalue weighted by molar-refractivity contribution is -0.384. The Morgan fingerprint density at radius 3 is 1.40 bits per heavy atom. The van der Waals surface area contributed by atoms with Crippen LogP contribution >= 0.6 is 11.6 Å². The Morgan fingerprint density at radius 2 is 1.00 bits per heavy atom. The zero-order valence-corrected chi connectivity index (χ0v) is 25.5. The highest BCUT2D eigenvalue weighted by atomic mass is 35.5. The maximum atomic E-state index is 15.8. The first-order valence-corrected chi connectivity index (χ1v) is 15.6. The molecule has 0 spiro atoms. The van der Waals surface area contributed by atoms with Gasteiger partial charge in [0.25, 0.3) is 5.69 Å². The zero-order valence-electron chi connectivity index (χ0n) is 24.7. The van der Waals surface area contributed by atoms with Crippen LogP contribution in [0.3, 0.4) is 0 Å². The van der Waals surface area contributed by atoms with Crippen molar-refractivity contribution in [2.75, 3.05) is 4.90 Å². The van der Waals surface area contributed by atoms with Gasteiger partial charge in [-0.2, -0.15) is 0 Å². The first kappa shape index (κ1) is 28.8. The van der Waals surface area contributed by atoms with Crippen molar-refractivity contribution in [3.05, 3.63) is 177 Å². The minimum atomic E-state index is -1.56. The number of nitrogens with zero attached hydrogens (tertiary/aromatic N) is 2. The maximum absolute atomic E-state index is 15.8. The number of nitro benzene ring substituents is 1. The average molecular weight is 637 g/mol. The molecule has 2 aliphatic carbocycles. The summed E-state index contributed by atoms with van der Waals surface area (Å²) in [7, 11) is 0. The maximum Gasteiger partial charge on any atom is 0.289 e. The number of allylic oxidation sites excluding steroid dienone is 2. The summed E-state index contributed by atoms with van der Waals surface area (Å²) in [6.45, 7) is 0. The van der Waals surface area contributed by atoms with E-state index in [-0.39, 0.29) is 16.5 Å². The molecule has 5 aromatic carbocycles. The predicted octanol–water partition coefficient (Wildman–Crippen LogP) is 7.44. The molecular weight excluding hydrogens is 612 g/mol. The number of fused-ring (bicyclic) bond motifs is 5. The first-order valence-electron chi connectivity index (χ1n) is 15.2. The van der Waals surface area contributed by atoms with Crippen LogP contribution in [0.15, 0.2) is 140 Å². The van der Waals surface area contributed by atoms with Gasteiger partial charge in [-0.3, -0.25) is 24.5 Å². The van der Waals surface area contributed by atoms with Gasteiger partial charge in [0.1, 0.15) is 5.02 Å². The van der Waals surface area contributed by atoms with Gasteiger partial charge in [0.15, 0.2) is 5.78 Å². The molecule has 2 bridgehead atoms. The molecule has 0 N–H and O–H groups in total. The minimum absolute atomic E-state index is 0.0336. The number of benzene rings is 5. The number of amides is 2. The highest BCUT2D eigenvalue weighted by molar-refractivity contribution is 6.39. The van der Waals surface area contributed by atoms with Gasteiger partial charge in [-0.25, -0.2) is 4.90 Å². The van der Waals surface area contributed by atoms with Crippen molar-refractivity contribution in [3.63, 3.8) is 0 Å². The summed E-state index contributed by atoms with van der Waals surface area (Å²) < 4.78 is 0. The van der Waals surface area contributed by atoms with Gasteiger partial charge in [-0.1, -0.05) is 133 Å². The second-order valence-corrected chi connectivity index (χ2v) is 12.4.